The molecule has 6 rings (SSSR count). The first-order chi connectivity index (χ1) is 14.3. The summed E-state index contributed by atoms with van der Waals surface area (Å²) in [5.74, 6) is 1.51. The number of rotatable bonds is 4. The van der Waals surface area contributed by atoms with E-state index in [1.54, 1.807) is 7.11 Å². The molecule has 29 heavy (non-hydrogen) atoms. The highest BCUT2D eigenvalue weighted by Gasteiger charge is 2.43. The zero-order valence-electron chi connectivity index (χ0n) is 16.5. The minimum atomic E-state index is 0.395. The van der Waals surface area contributed by atoms with E-state index in [2.05, 4.69) is 38.4 Å². The van der Waals surface area contributed by atoms with Gasteiger partial charge < -0.3 is 10.1 Å². The van der Waals surface area contributed by atoms with E-state index in [9.17, 15) is 0 Å². The van der Waals surface area contributed by atoms with Crippen molar-refractivity contribution in [3.8, 4) is 17.1 Å². The van der Waals surface area contributed by atoms with Crippen molar-refractivity contribution in [2.75, 3.05) is 26.7 Å². The summed E-state index contributed by atoms with van der Waals surface area (Å²) in [5, 5.41) is 4.97. The lowest BCUT2D eigenvalue weighted by Gasteiger charge is -2.40. The maximum absolute atomic E-state index is 5.05. The number of methoxy groups -OCH3 is 1. The summed E-state index contributed by atoms with van der Waals surface area (Å²) in [5.41, 5.74) is 3.23. The van der Waals surface area contributed by atoms with Gasteiger partial charge in [0.2, 0.25) is 0 Å². The van der Waals surface area contributed by atoms with Crippen molar-refractivity contribution >= 4 is 21.6 Å². The SMILES string of the molecule is COc1ncc(-c2ccc3nc(C4CC(N5CC6NCC[C@@H]6C5)C4)sc3c2)cn1. The van der Waals surface area contributed by atoms with Gasteiger partial charge in [0.1, 0.15) is 0 Å². The van der Waals surface area contributed by atoms with Gasteiger partial charge in [0.15, 0.2) is 0 Å². The number of nitrogens with one attached hydrogen (secondary N) is 1. The van der Waals surface area contributed by atoms with Crippen molar-refractivity contribution in [1.29, 1.82) is 0 Å². The topological polar surface area (TPSA) is 63.2 Å². The molecule has 1 aromatic carbocycles. The fraction of sp³-hybridized carbons (Fsp3) is 0.500. The van der Waals surface area contributed by atoms with E-state index in [4.69, 9.17) is 9.72 Å². The molecule has 2 aromatic heterocycles. The molecular formula is C22H25N5OS. The van der Waals surface area contributed by atoms with Crippen LogP contribution in [0.1, 0.15) is 30.2 Å². The minimum absolute atomic E-state index is 0.395. The first-order valence-electron chi connectivity index (χ1n) is 10.5. The molecule has 0 spiro atoms. The summed E-state index contributed by atoms with van der Waals surface area (Å²) in [6, 6.07) is 8.34. The van der Waals surface area contributed by atoms with E-state index in [0.29, 0.717) is 11.9 Å². The number of aromatic nitrogens is 3. The molecule has 2 saturated heterocycles. The van der Waals surface area contributed by atoms with Gasteiger partial charge in [-0.1, -0.05) is 6.07 Å². The summed E-state index contributed by atoms with van der Waals surface area (Å²) < 4.78 is 6.30. The average molecular weight is 408 g/mol. The number of hydrogen-bond donors (Lipinski definition) is 1. The highest BCUT2D eigenvalue weighted by molar-refractivity contribution is 7.18. The minimum Gasteiger partial charge on any atom is -0.467 e. The van der Waals surface area contributed by atoms with Gasteiger partial charge in [0.05, 0.1) is 22.3 Å². The smallest absolute Gasteiger partial charge is 0.316 e. The lowest BCUT2D eigenvalue weighted by atomic mass is 9.80. The molecular weight excluding hydrogens is 382 g/mol. The lowest BCUT2D eigenvalue weighted by molar-refractivity contribution is 0.128. The van der Waals surface area contributed by atoms with Crippen LogP contribution < -0.4 is 10.1 Å². The molecule has 0 radical (unpaired) electrons. The number of likely N-dealkylation sites (tertiary alicyclic amines) is 1. The molecule has 150 valence electrons. The Hall–Kier alpha value is -2.09. The molecule has 1 N–H and O–H groups in total. The Balaban J connectivity index is 1.16. The third kappa shape index (κ3) is 3.12. The fourth-order valence-corrected chi connectivity index (χ4v) is 6.27. The summed E-state index contributed by atoms with van der Waals surface area (Å²) >= 11 is 1.85. The molecule has 0 amide bonds. The summed E-state index contributed by atoms with van der Waals surface area (Å²) in [6.45, 7) is 3.75. The van der Waals surface area contributed by atoms with Gasteiger partial charge in [-0.15, -0.1) is 11.3 Å². The Kier molecular flexibility index (Phi) is 4.29. The molecule has 3 aromatic rings. The van der Waals surface area contributed by atoms with E-state index in [-0.39, 0.29) is 0 Å². The normalized spacial score (nSPS) is 29.1. The zero-order valence-corrected chi connectivity index (χ0v) is 17.4. The van der Waals surface area contributed by atoms with E-state index in [1.165, 1.54) is 48.6 Å². The second kappa shape index (κ2) is 7.00. The van der Waals surface area contributed by atoms with Crippen LogP contribution in [0.25, 0.3) is 21.3 Å². The zero-order chi connectivity index (χ0) is 19.4. The molecule has 7 heteroatoms. The second-order valence-corrected chi connectivity index (χ2v) is 9.64. The lowest BCUT2D eigenvalue weighted by Crippen LogP contribution is -2.44. The Labute approximate surface area is 174 Å². The van der Waals surface area contributed by atoms with Crippen LogP contribution in [-0.2, 0) is 0 Å². The van der Waals surface area contributed by atoms with Gasteiger partial charge in [-0.2, -0.15) is 0 Å². The number of fused-ring (bicyclic) bond motifs is 2. The monoisotopic (exact) mass is 407 g/mol. The molecule has 3 aliphatic rings. The quantitative estimate of drug-likeness (QED) is 0.716. The summed E-state index contributed by atoms with van der Waals surface area (Å²) in [4.78, 5) is 16.1. The molecule has 2 atom stereocenters. The Morgan fingerprint density at radius 1 is 1.14 bits per heavy atom. The van der Waals surface area contributed by atoms with Crippen LogP contribution in [0.4, 0.5) is 0 Å². The van der Waals surface area contributed by atoms with Crippen LogP contribution in [0, 0.1) is 5.92 Å². The molecule has 1 saturated carbocycles. The molecule has 4 heterocycles. The van der Waals surface area contributed by atoms with Crippen molar-refractivity contribution in [2.45, 2.75) is 37.3 Å². The molecule has 1 unspecified atom stereocenters. The molecule has 2 aliphatic heterocycles. The Morgan fingerprint density at radius 2 is 2.00 bits per heavy atom. The maximum atomic E-state index is 5.05. The number of hydrogen-bond acceptors (Lipinski definition) is 7. The first-order valence-corrected chi connectivity index (χ1v) is 11.3. The number of ether oxygens (including phenoxy) is 1. The average Bonchev–Trinajstić information content (AvgIpc) is 3.41. The molecule has 3 fully saturated rings. The van der Waals surface area contributed by atoms with Crippen molar-refractivity contribution in [2.24, 2.45) is 5.92 Å². The van der Waals surface area contributed by atoms with Gasteiger partial charge in [-0.3, -0.25) is 4.90 Å². The van der Waals surface area contributed by atoms with E-state index in [1.807, 2.05) is 23.7 Å². The van der Waals surface area contributed by atoms with Crippen LogP contribution in [0.5, 0.6) is 6.01 Å². The van der Waals surface area contributed by atoms with Gasteiger partial charge in [0, 0.05) is 49.0 Å². The second-order valence-electron chi connectivity index (χ2n) is 8.58. The standard InChI is InChI=1S/C22H25N5OS/c1-28-22-24-9-16(10-25-22)13-2-3-18-20(8-13)29-21(26-18)15-6-17(7-15)27-11-14-4-5-23-19(14)12-27/h2-3,8-10,14-15,17,19,23H,4-7,11-12H2,1H3/t14-,15?,17?,19?/m1/s1. The highest BCUT2D eigenvalue weighted by atomic mass is 32.1. The fourth-order valence-electron chi connectivity index (χ4n) is 5.14. The van der Waals surface area contributed by atoms with Crippen molar-refractivity contribution in [1.82, 2.24) is 25.2 Å². The largest absolute Gasteiger partial charge is 0.467 e. The Morgan fingerprint density at radius 3 is 2.79 bits per heavy atom. The van der Waals surface area contributed by atoms with Crippen molar-refractivity contribution in [3.05, 3.63) is 35.6 Å². The molecule has 6 nitrogen and oxygen atoms in total. The molecule has 0 bridgehead atoms. The number of benzene rings is 1. The number of nitrogens with zero attached hydrogens (tertiary/aromatic N) is 4. The summed E-state index contributed by atoms with van der Waals surface area (Å²) in [6.07, 6.45) is 7.51. The van der Waals surface area contributed by atoms with Crippen molar-refractivity contribution in [3.63, 3.8) is 0 Å². The number of thiazole rings is 1. The first kappa shape index (κ1) is 17.7. The van der Waals surface area contributed by atoms with Gasteiger partial charge in [-0.05, 0) is 49.4 Å². The molecule has 1 aliphatic carbocycles. The predicted octanol–water partition coefficient (Wildman–Crippen LogP) is 3.30. The van der Waals surface area contributed by atoms with E-state index >= 15 is 0 Å². The van der Waals surface area contributed by atoms with E-state index in [0.717, 1.165) is 34.6 Å². The van der Waals surface area contributed by atoms with Crippen LogP contribution in [0.15, 0.2) is 30.6 Å². The maximum Gasteiger partial charge on any atom is 0.316 e. The van der Waals surface area contributed by atoms with Gasteiger partial charge in [0.25, 0.3) is 0 Å². The van der Waals surface area contributed by atoms with Crippen LogP contribution in [0.2, 0.25) is 0 Å². The predicted molar refractivity (Wildman–Crippen MR) is 114 cm³/mol. The van der Waals surface area contributed by atoms with Crippen LogP contribution in [0.3, 0.4) is 0 Å². The van der Waals surface area contributed by atoms with Gasteiger partial charge >= 0.3 is 6.01 Å². The van der Waals surface area contributed by atoms with Crippen LogP contribution in [-0.4, -0.2) is 58.7 Å². The Bertz CT molecular complexity index is 1020. The van der Waals surface area contributed by atoms with Gasteiger partial charge in [-0.25, -0.2) is 15.0 Å². The van der Waals surface area contributed by atoms with Crippen molar-refractivity contribution < 1.29 is 4.74 Å². The third-order valence-electron chi connectivity index (χ3n) is 6.92. The van der Waals surface area contributed by atoms with Crippen LogP contribution >= 0.6 is 11.3 Å². The highest BCUT2D eigenvalue weighted by Crippen LogP contribution is 2.44. The third-order valence-corrected chi connectivity index (χ3v) is 8.10. The summed E-state index contributed by atoms with van der Waals surface area (Å²) in [7, 11) is 1.58. The van der Waals surface area contributed by atoms with E-state index < -0.39 is 0 Å².